The second-order valence-electron chi connectivity index (χ2n) is 6.53. The van der Waals surface area contributed by atoms with E-state index in [1.54, 1.807) is 35.2 Å². The van der Waals surface area contributed by atoms with Crippen LogP contribution in [-0.2, 0) is 24.3 Å². The second-order valence-corrected chi connectivity index (χ2v) is 8.46. The number of benzene rings is 1. The van der Waals surface area contributed by atoms with Crippen molar-refractivity contribution in [1.82, 2.24) is 9.21 Å². The van der Waals surface area contributed by atoms with E-state index in [-0.39, 0.29) is 42.4 Å². The minimum absolute atomic E-state index is 0.0688. The van der Waals surface area contributed by atoms with Gasteiger partial charge in [0.15, 0.2) is 6.61 Å². The molecule has 1 aliphatic heterocycles. The largest absolute Gasteiger partial charge is 0.455 e. The van der Waals surface area contributed by atoms with Gasteiger partial charge in [0, 0.05) is 26.2 Å². The van der Waals surface area contributed by atoms with Crippen LogP contribution in [0.1, 0.15) is 13.3 Å². The molecule has 0 unspecified atom stereocenters. The number of hydrogen-bond donors (Lipinski definition) is 0. The van der Waals surface area contributed by atoms with Crippen molar-refractivity contribution in [2.24, 2.45) is 11.8 Å². The summed E-state index contributed by atoms with van der Waals surface area (Å²) in [6.07, 6.45) is 0.822. The Balaban J connectivity index is 1.50. The minimum Gasteiger partial charge on any atom is -0.455 e. The molecule has 25 heavy (non-hydrogen) atoms. The number of rotatable bonds is 5. The lowest BCUT2D eigenvalue weighted by atomic mass is 10.3. The van der Waals surface area contributed by atoms with Crippen molar-refractivity contribution in [1.29, 1.82) is 0 Å². The molecule has 1 saturated carbocycles. The molecule has 2 atom stereocenters. The summed E-state index contributed by atoms with van der Waals surface area (Å²) in [4.78, 5) is 25.6. The van der Waals surface area contributed by atoms with Crippen LogP contribution in [0.5, 0.6) is 0 Å². The third-order valence-corrected chi connectivity index (χ3v) is 6.64. The first kappa shape index (κ1) is 17.9. The molecule has 0 aromatic heterocycles. The Morgan fingerprint density at radius 3 is 2.28 bits per heavy atom. The fourth-order valence-corrected chi connectivity index (χ4v) is 4.34. The molecular weight excluding hydrogens is 344 g/mol. The third-order valence-electron chi connectivity index (χ3n) is 4.72. The number of piperazine rings is 1. The highest BCUT2D eigenvalue weighted by atomic mass is 32.2. The Morgan fingerprint density at radius 1 is 1.12 bits per heavy atom. The number of ether oxygens (including phenoxy) is 1. The molecule has 1 aromatic rings. The highest BCUT2D eigenvalue weighted by Gasteiger charge is 2.41. The van der Waals surface area contributed by atoms with Crippen LogP contribution in [0.15, 0.2) is 35.2 Å². The molecule has 1 amide bonds. The van der Waals surface area contributed by atoms with Crippen molar-refractivity contribution >= 4 is 21.9 Å². The van der Waals surface area contributed by atoms with Crippen molar-refractivity contribution in [2.45, 2.75) is 18.2 Å². The molecule has 1 heterocycles. The predicted molar refractivity (Wildman–Crippen MR) is 90.0 cm³/mol. The lowest BCUT2D eigenvalue weighted by Gasteiger charge is -2.33. The van der Waals surface area contributed by atoms with Crippen LogP contribution in [0, 0.1) is 11.8 Å². The molecule has 1 aromatic carbocycles. The Morgan fingerprint density at radius 2 is 1.72 bits per heavy atom. The van der Waals surface area contributed by atoms with Gasteiger partial charge in [-0.1, -0.05) is 25.1 Å². The van der Waals surface area contributed by atoms with Gasteiger partial charge in [-0.25, -0.2) is 8.42 Å². The zero-order chi connectivity index (χ0) is 18.0. The van der Waals surface area contributed by atoms with Crippen LogP contribution in [0.4, 0.5) is 0 Å². The number of nitrogens with zero attached hydrogens (tertiary/aromatic N) is 2. The van der Waals surface area contributed by atoms with Gasteiger partial charge in [-0.15, -0.1) is 0 Å². The average Bonchev–Trinajstić information content (AvgIpc) is 3.37. The maximum absolute atomic E-state index is 12.5. The molecule has 8 heteroatoms. The lowest BCUT2D eigenvalue weighted by molar-refractivity contribution is -0.153. The monoisotopic (exact) mass is 366 g/mol. The molecule has 0 N–H and O–H groups in total. The Labute approximate surface area is 147 Å². The summed E-state index contributed by atoms with van der Waals surface area (Å²) in [5.74, 6) is -0.320. The average molecular weight is 366 g/mol. The van der Waals surface area contributed by atoms with Crippen molar-refractivity contribution < 1.29 is 22.7 Å². The molecule has 0 spiro atoms. The Kier molecular flexibility index (Phi) is 5.10. The van der Waals surface area contributed by atoms with Crippen molar-refractivity contribution in [2.75, 3.05) is 32.8 Å². The minimum atomic E-state index is -3.54. The van der Waals surface area contributed by atoms with Crippen molar-refractivity contribution in [3.05, 3.63) is 30.3 Å². The normalized spacial score (nSPS) is 24.0. The van der Waals surface area contributed by atoms with E-state index in [9.17, 15) is 18.0 Å². The van der Waals surface area contributed by atoms with Crippen LogP contribution < -0.4 is 0 Å². The Bertz CT molecular complexity index is 742. The SMILES string of the molecule is C[C@H]1C[C@@H]1C(=O)OCC(=O)N1CCN(S(=O)(=O)c2ccccc2)CC1. The van der Waals surface area contributed by atoms with Crippen LogP contribution in [0.2, 0.25) is 0 Å². The van der Waals surface area contributed by atoms with Crippen molar-refractivity contribution in [3.8, 4) is 0 Å². The van der Waals surface area contributed by atoms with Crippen LogP contribution in [0.25, 0.3) is 0 Å². The van der Waals surface area contributed by atoms with Gasteiger partial charge in [-0.05, 0) is 24.5 Å². The summed E-state index contributed by atoms with van der Waals surface area (Å²) < 4.78 is 31.5. The number of hydrogen-bond acceptors (Lipinski definition) is 5. The third kappa shape index (κ3) is 4.01. The maximum atomic E-state index is 12.5. The van der Waals surface area contributed by atoms with E-state index in [1.165, 1.54) is 4.31 Å². The van der Waals surface area contributed by atoms with E-state index in [4.69, 9.17) is 4.74 Å². The second kappa shape index (κ2) is 7.13. The van der Waals surface area contributed by atoms with Gasteiger partial charge in [-0.3, -0.25) is 9.59 Å². The molecule has 136 valence electrons. The predicted octanol–water partition coefficient (Wildman–Crippen LogP) is 0.719. The summed E-state index contributed by atoms with van der Waals surface area (Å²) in [5, 5.41) is 0. The first-order valence-electron chi connectivity index (χ1n) is 8.39. The summed E-state index contributed by atoms with van der Waals surface area (Å²) in [5.41, 5.74) is 0. The van der Waals surface area contributed by atoms with E-state index in [2.05, 4.69) is 0 Å². The van der Waals surface area contributed by atoms with E-state index < -0.39 is 10.0 Å². The number of carbonyl (C=O) groups is 2. The summed E-state index contributed by atoms with van der Waals surface area (Å²) >= 11 is 0. The molecule has 1 aliphatic carbocycles. The molecule has 2 fully saturated rings. The molecule has 0 radical (unpaired) electrons. The standard InChI is InChI=1S/C17H22N2O5S/c1-13-11-15(13)17(21)24-12-16(20)18-7-9-19(10-8-18)25(22,23)14-5-3-2-4-6-14/h2-6,13,15H,7-12H2,1H3/t13-,15-/m0/s1. The molecule has 1 saturated heterocycles. The fourth-order valence-electron chi connectivity index (χ4n) is 2.90. The molecule has 3 rings (SSSR count). The summed E-state index contributed by atoms with van der Waals surface area (Å²) in [6.45, 7) is 2.76. The summed E-state index contributed by atoms with van der Waals surface area (Å²) in [6, 6.07) is 8.25. The smallest absolute Gasteiger partial charge is 0.309 e. The molecule has 2 aliphatic rings. The van der Waals surface area contributed by atoms with Gasteiger partial charge in [-0.2, -0.15) is 4.31 Å². The van der Waals surface area contributed by atoms with E-state index >= 15 is 0 Å². The van der Waals surface area contributed by atoms with E-state index in [0.717, 1.165) is 6.42 Å². The van der Waals surface area contributed by atoms with Crippen LogP contribution in [0.3, 0.4) is 0 Å². The number of esters is 1. The first-order valence-corrected chi connectivity index (χ1v) is 9.83. The highest BCUT2D eigenvalue weighted by Crippen LogP contribution is 2.38. The topological polar surface area (TPSA) is 84.0 Å². The maximum Gasteiger partial charge on any atom is 0.309 e. The lowest BCUT2D eigenvalue weighted by Crippen LogP contribution is -2.51. The van der Waals surface area contributed by atoms with E-state index in [1.807, 2.05) is 6.92 Å². The van der Waals surface area contributed by atoms with Gasteiger partial charge >= 0.3 is 5.97 Å². The van der Waals surface area contributed by atoms with Crippen LogP contribution >= 0.6 is 0 Å². The van der Waals surface area contributed by atoms with Crippen LogP contribution in [-0.4, -0.2) is 62.3 Å². The first-order chi connectivity index (χ1) is 11.9. The zero-order valence-corrected chi connectivity index (χ0v) is 14.9. The van der Waals surface area contributed by atoms with Gasteiger partial charge in [0.1, 0.15) is 0 Å². The molecule has 7 nitrogen and oxygen atoms in total. The van der Waals surface area contributed by atoms with Crippen molar-refractivity contribution in [3.63, 3.8) is 0 Å². The van der Waals surface area contributed by atoms with E-state index in [0.29, 0.717) is 19.0 Å². The number of amides is 1. The van der Waals surface area contributed by atoms with Gasteiger partial charge in [0.05, 0.1) is 10.8 Å². The highest BCUT2D eigenvalue weighted by molar-refractivity contribution is 7.89. The molecule has 0 bridgehead atoms. The summed E-state index contributed by atoms with van der Waals surface area (Å²) in [7, 11) is -3.54. The van der Waals surface area contributed by atoms with Gasteiger partial charge in [0.25, 0.3) is 5.91 Å². The van der Waals surface area contributed by atoms with Gasteiger partial charge < -0.3 is 9.64 Å². The zero-order valence-electron chi connectivity index (χ0n) is 14.1. The van der Waals surface area contributed by atoms with Gasteiger partial charge in [0.2, 0.25) is 10.0 Å². The number of carbonyl (C=O) groups excluding carboxylic acids is 2. The fraction of sp³-hybridized carbons (Fsp3) is 0.529. The molecular formula is C17H22N2O5S. The Hall–Kier alpha value is -1.93. The quantitative estimate of drug-likeness (QED) is 0.717. The number of sulfonamides is 1.